The van der Waals surface area contributed by atoms with Gasteiger partial charge in [0.25, 0.3) is 0 Å². The second-order valence-electron chi connectivity index (χ2n) is 4.13. The molecule has 0 aromatic heterocycles. The fourth-order valence-corrected chi connectivity index (χ4v) is 2.41. The van der Waals surface area contributed by atoms with Crippen LogP contribution < -0.4 is 5.32 Å². The van der Waals surface area contributed by atoms with Crippen molar-refractivity contribution in [3.63, 3.8) is 0 Å². The molecule has 0 bridgehead atoms. The average Bonchev–Trinajstić information content (AvgIpc) is 2.79. The molecule has 2 nitrogen and oxygen atoms in total. The Labute approximate surface area is 113 Å². The number of benzene rings is 2. The molecule has 1 aliphatic heterocycles. The lowest BCUT2D eigenvalue weighted by Gasteiger charge is -2.10. The molecule has 0 saturated carbocycles. The molecule has 1 aliphatic rings. The molecule has 90 valence electrons. The van der Waals surface area contributed by atoms with Crippen LogP contribution >= 0.6 is 15.9 Å². The predicted molar refractivity (Wildman–Crippen MR) is 75.1 cm³/mol. The molecule has 1 heterocycles. The third-order valence-electron chi connectivity index (χ3n) is 2.84. The summed E-state index contributed by atoms with van der Waals surface area (Å²) >= 11 is 3.53. The van der Waals surface area contributed by atoms with E-state index in [0.717, 1.165) is 28.0 Å². The van der Waals surface area contributed by atoms with Crippen LogP contribution in [0.1, 0.15) is 11.1 Å². The van der Waals surface area contributed by atoms with E-state index in [1.165, 1.54) is 17.7 Å². The standard InChI is InChI=1S/C14H10BrFN2/c15-13-5-9-7-17-8-10(9)6-14(13)18-12-3-1-11(16)2-4-12/h1-6,8,18H,7H2. The van der Waals surface area contributed by atoms with E-state index in [1.54, 1.807) is 12.1 Å². The minimum absolute atomic E-state index is 0.235. The summed E-state index contributed by atoms with van der Waals surface area (Å²) in [6.45, 7) is 0.741. The maximum absolute atomic E-state index is 12.8. The Bertz CT molecular complexity index is 620. The quantitative estimate of drug-likeness (QED) is 0.880. The maximum Gasteiger partial charge on any atom is 0.123 e. The Morgan fingerprint density at radius 1 is 1.17 bits per heavy atom. The van der Waals surface area contributed by atoms with E-state index in [4.69, 9.17) is 0 Å². The molecule has 0 unspecified atom stereocenters. The van der Waals surface area contributed by atoms with Gasteiger partial charge in [-0.05, 0) is 63.5 Å². The summed E-state index contributed by atoms with van der Waals surface area (Å²) in [6, 6.07) is 10.4. The summed E-state index contributed by atoms with van der Waals surface area (Å²) < 4.78 is 13.8. The van der Waals surface area contributed by atoms with E-state index in [0.29, 0.717) is 0 Å². The van der Waals surface area contributed by atoms with Gasteiger partial charge in [-0.25, -0.2) is 4.39 Å². The van der Waals surface area contributed by atoms with E-state index in [1.807, 2.05) is 12.3 Å². The van der Waals surface area contributed by atoms with E-state index in [-0.39, 0.29) is 5.82 Å². The van der Waals surface area contributed by atoms with Crippen LogP contribution in [0.4, 0.5) is 15.8 Å². The highest BCUT2D eigenvalue weighted by molar-refractivity contribution is 9.10. The summed E-state index contributed by atoms with van der Waals surface area (Å²) in [4.78, 5) is 4.23. The van der Waals surface area contributed by atoms with Gasteiger partial charge in [0.2, 0.25) is 0 Å². The molecule has 0 amide bonds. The minimum Gasteiger partial charge on any atom is -0.355 e. The summed E-state index contributed by atoms with van der Waals surface area (Å²) in [5, 5.41) is 3.25. The molecule has 18 heavy (non-hydrogen) atoms. The maximum atomic E-state index is 12.8. The fourth-order valence-electron chi connectivity index (χ4n) is 1.92. The van der Waals surface area contributed by atoms with Gasteiger partial charge in [0, 0.05) is 16.4 Å². The zero-order chi connectivity index (χ0) is 12.5. The number of fused-ring (bicyclic) bond motifs is 1. The molecule has 0 fully saturated rings. The molecule has 1 N–H and O–H groups in total. The number of aliphatic imine (C=N–C) groups is 1. The van der Waals surface area contributed by atoms with Crippen LogP contribution in [0.5, 0.6) is 0 Å². The summed E-state index contributed by atoms with van der Waals surface area (Å²) in [7, 11) is 0. The van der Waals surface area contributed by atoms with Gasteiger partial charge in [-0.15, -0.1) is 0 Å². The van der Waals surface area contributed by atoms with Crippen molar-refractivity contribution in [3.05, 3.63) is 57.8 Å². The van der Waals surface area contributed by atoms with Crippen molar-refractivity contribution in [2.45, 2.75) is 6.54 Å². The molecular weight excluding hydrogens is 295 g/mol. The number of hydrogen-bond donors (Lipinski definition) is 1. The molecule has 0 radical (unpaired) electrons. The highest BCUT2D eigenvalue weighted by Gasteiger charge is 2.10. The molecule has 4 heteroatoms. The number of hydrogen-bond acceptors (Lipinski definition) is 2. The minimum atomic E-state index is -0.235. The predicted octanol–water partition coefficient (Wildman–Crippen LogP) is 4.26. The molecular formula is C14H10BrFN2. The summed E-state index contributed by atoms with van der Waals surface area (Å²) in [5.74, 6) is -0.235. The largest absolute Gasteiger partial charge is 0.355 e. The zero-order valence-electron chi connectivity index (χ0n) is 9.45. The van der Waals surface area contributed by atoms with Crippen LogP contribution in [0, 0.1) is 5.82 Å². The van der Waals surface area contributed by atoms with Gasteiger partial charge >= 0.3 is 0 Å². The lowest BCUT2D eigenvalue weighted by molar-refractivity contribution is 0.628. The van der Waals surface area contributed by atoms with Gasteiger partial charge in [0.15, 0.2) is 0 Å². The molecule has 0 aliphatic carbocycles. The van der Waals surface area contributed by atoms with E-state index >= 15 is 0 Å². The van der Waals surface area contributed by atoms with Crippen molar-refractivity contribution < 1.29 is 4.39 Å². The van der Waals surface area contributed by atoms with Gasteiger partial charge in [-0.2, -0.15) is 0 Å². The summed E-state index contributed by atoms with van der Waals surface area (Å²) in [5.41, 5.74) is 4.15. The van der Waals surface area contributed by atoms with Crippen molar-refractivity contribution in [1.82, 2.24) is 0 Å². The Kier molecular flexibility index (Phi) is 2.88. The van der Waals surface area contributed by atoms with Crippen molar-refractivity contribution in [2.75, 3.05) is 5.32 Å². The lowest BCUT2D eigenvalue weighted by atomic mass is 10.1. The number of nitrogens with zero attached hydrogens (tertiary/aromatic N) is 1. The first-order valence-corrected chi connectivity index (χ1v) is 6.36. The van der Waals surface area contributed by atoms with E-state index < -0.39 is 0 Å². The van der Waals surface area contributed by atoms with E-state index in [2.05, 4.69) is 32.3 Å². The van der Waals surface area contributed by atoms with Crippen molar-refractivity contribution >= 4 is 33.5 Å². The van der Waals surface area contributed by atoms with Gasteiger partial charge in [0.05, 0.1) is 12.2 Å². The Morgan fingerprint density at radius 3 is 2.72 bits per heavy atom. The second-order valence-corrected chi connectivity index (χ2v) is 4.99. The zero-order valence-corrected chi connectivity index (χ0v) is 11.0. The Hall–Kier alpha value is -1.68. The van der Waals surface area contributed by atoms with Crippen LogP contribution in [-0.2, 0) is 6.54 Å². The Morgan fingerprint density at radius 2 is 1.94 bits per heavy atom. The van der Waals surface area contributed by atoms with Crippen LogP contribution in [0.2, 0.25) is 0 Å². The topological polar surface area (TPSA) is 24.4 Å². The van der Waals surface area contributed by atoms with Crippen LogP contribution in [-0.4, -0.2) is 6.21 Å². The Balaban J connectivity index is 1.93. The first-order chi connectivity index (χ1) is 8.72. The van der Waals surface area contributed by atoms with Crippen LogP contribution in [0.15, 0.2) is 45.9 Å². The van der Waals surface area contributed by atoms with Crippen molar-refractivity contribution in [2.24, 2.45) is 4.99 Å². The van der Waals surface area contributed by atoms with Crippen molar-refractivity contribution in [1.29, 1.82) is 0 Å². The SMILES string of the molecule is Fc1ccc(Nc2cc3c(cc2Br)CN=C3)cc1. The first-order valence-electron chi connectivity index (χ1n) is 5.57. The fraction of sp³-hybridized carbons (Fsp3) is 0.0714. The highest BCUT2D eigenvalue weighted by atomic mass is 79.9. The van der Waals surface area contributed by atoms with Gasteiger partial charge in [-0.1, -0.05) is 0 Å². The normalized spacial score (nSPS) is 12.6. The molecule has 0 atom stereocenters. The molecule has 2 aromatic rings. The highest BCUT2D eigenvalue weighted by Crippen LogP contribution is 2.30. The third-order valence-corrected chi connectivity index (χ3v) is 3.50. The number of nitrogens with one attached hydrogen (secondary N) is 1. The molecule has 0 saturated heterocycles. The summed E-state index contributed by atoms with van der Waals surface area (Å²) in [6.07, 6.45) is 1.87. The number of rotatable bonds is 2. The number of halogens is 2. The molecule has 0 spiro atoms. The van der Waals surface area contributed by atoms with E-state index in [9.17, 15) is 4.39 Å². The van der Waals surface area contributed by atoms with Gasteiger partial charge in [-0.3, -0.25) is 4.99 Å². The van der Waals surface area contributed by atoms with Crippen LogP contribution in [0.3, 0.4) is 0 Å². The first kappa shape index (κ1) is 11.4. The number of anilines is 2. The monoisotopic (exact) mass is 304 g/mol. The molecule has 2 aromatic carbocycles. The van der Waals surface area contributed by atoms with Gasteiger partial charge < -0.3 is 5.32 Å². The second kappa shape index (κ2) is 4.53. The molecule has 3 rings (SSSR count). The van der Waals surface area contributed by atoms with Crippen LogP contribution in [0.25, 0.3) is 0 Å². The van der Waals surface area contributed by atoms with Crippen molar-refractivity contribution in [3.8, 4) is 0 Å². The third kappa shape index (κ3) is 2.16. The average molecular weight is 305 g/mol. The lowest BCUT2D eigenvalue weighted by Crippen LogP contribution is -1.94. The van der Waals surface area contributed by atoms with Gasteiger partial charge in [0.1, 0.15) is 5.82 Å². The smallest absolute Gasteiger partial charge is 0.123 e.